The number of thioether (sulfide) groups is 1. The number of benzene rings is 1. The zero-order valence-electron chi connectivity index (χ0n) is 10.4. The number of carboxylic acid groups (broad SMARTS) is 1. The third kappa shape index (κ3) is 3.15. The number of aromatic carboxylic acids is 1. The van der Waals surface area contributed by atoms with Crippen molar-refractivity contribution in [1.82, 2.24) is 9.55 Å². The van der Waals surface area contributed by atoms with E-state index in [0.29, 0.717) is 5.75 Å². The third-order valence-corrected chi connectivity index (χ3v) is 3.89. The second-order valence-corrected chi connectivity index (χ2v) is 4.98. The van der Waals surface area contributed by atoms with E-state index in [0.717, 1.165) is 16.4 Å². The molecule has 0 saturated carbocycles. The molecular weight excluding hydrogens is 264 g/mol. The summed E-state index contributed by atoms with van der Waals surface area (Å²) in [6, 6.07) is 6.78. The minimum absolute atomic E-state index is 0.0304. The molecule has 0 amide bonds. The molecule has 0 aliphatic heterocycles. The number of aromatic nitrogens is 2. The molecule has 0 fully saturated rings. The number of rotatable bonds is 5. The standard InChI is InChI=1S/C13H14N2O3S/c1-15-11(7-16)6-14-13(15)19-8-9-2-4-10(5-3-9)12(17)18/h2-6,16H,7-8H2,1H3,(H,17,18). The van der Waals surface area contributed by atoms with Crippen LogP contribution < -0.4 is 0 Å². The van der Waals surface area contributed by atoms with E-state index in [2.05, 4.69) is 4.98 Å². The van der Waals surface area contributed by atoms with Crippen molar-refractivity contribution in [3.8, 4) is 0 Å². The van der Waals surface area contributed by atoms with E-state index in [1.807, 2.05) is 11.6 Å². The highest BCUT2D eigenvalue weighted by atomic mass is 32.2. The molecule has 0 spiro atoms. The predicted molar refractivity (Wildman–Crippen MR) is 72.1 cm³/mol. The van der Waals surface area contributed by atoms with Crippen LogP contribution in [0, 0.1) is 0 Å². The van der Waals surface area contributed by atoms with Gasteiger partial charge in [0.05, 0.1) is 24.1 Å². The van der Waals surface area contributed by atoms with Gasteiger partial charge in [-0.1, -0.05) is 23.9 Å². The lowest BCUT2D eigenvalue weighted by Crippen LogP contribution is -1.98. The van der Waals surface area contributed by atoms with E-state index in [1.165, 1.54) is 0 Å². The molecular formula is C13H14N2O3S. The van der Waals surface area contributed by atoms with Gasteiger partial charge in [-0.25, -0.2) is 9.78 Å². The summed E-state index contributed by atoms with van der Waals surface area (Å²) in [7, 11) is 1.86. The van der Waals surface area contributed by atoms with Gasteiger partial charge in [-0.15, -0.1) is 0 Å². The molecule has 2 rings (SSSR count). The molecule has 1 aromatic heterocycles. The van der Waals surface area contributed by atoms with Crippen LogP contribution in [0.25, 0.3) is 0 Å². The van der Waals surface area contributed by atoms with Gasteiger partial charge in [0.2, 0.25) is 0 Å². The van der Waals surface area contributed by atoms with E-state index in [9.17, 15) is 4.79 Å². The number of aliphatic hydroxyl groups excluding tert-OH is 1. The highest BCUT2D eigenvalue weighted by Gasteiger charge is 2.07. The Bertz CT molecular complexity index is 578. The Morgan fingerprint density at radius 3 is 2.58 bits per heavy atom. The number of hydrogen-bond donors (Lipinski definition) is 2. The van der Waals surface area contributed by atoms with Crippen molar-refractivity contribution in [1.29, 1.82) is 0 Å². The molecule has 100 valence electrons. The van der Waals surface area contributed by atoms with E-state index in [-0.39, 0.29) is 12.2 Å². The average molecular weight is 278 g/mol. The van der Waals surface area contributed by atoms with Crippen molar-refractivity contribution in [2.45, 2.75) is 17.5 Å². The predicted octanol–water partition coefficient (Wildman–Crippen LogP) is 1.90. The Hall–Kier alpha value is -1.79. The second-order valence-electron chi connectivity index (χ2n) is 4.04. The summed E-state index contributed by atoms with van der Waals surface area (Å²) in [5, 5.41) is 18.7. The molecule has 2 aromatic rings. The van der Waals surface area contributed by atoms with Crippen LogP contribution in [0.4, 0.5) is 0 Å². The maximum Gasteiger partial charge on any atom is 0.335 e. The summed E-state index contributed by atoms with van der Waals surface area (Å²) in [5.41, 5.74) is 2.08. The first-order chi connectivity index (χ1) is 9.11. The summed E-state index contributed by atoms with van der Waals surface area (Å²) in [6.45, 7) is -0.0304. The van der Waals surface area contributed by atoms with Crippen LogP contribution in [-0.2, 0) is 19.4 Å². The maximum absolute atomic E-state index is 10.7. The highest BCUT2D eigenvalue weighted by Crippen LogP contribution is 2.22. The minimum Gasteiger partial charge on any atom is -0.478 e. The van der Waals surface area contributed by atoms with Crippen LogP contribution in [0.3, 0.4) is 0 Å². The summed E-state index contributed by atoms with van der Waals surface area (Å²) >= 11 is 1.54. The van der Waals surface area contributed by atoms with Crippen molar-refractivity contribution < 1.29 is 15.0 Å². The van der Waals surface area contributed by atoms with Crippen molar-refractivity contribution in [3.05, 3.63) is 47.3 Å². The zero-order valence-corrected chi connectivity index (χ0v) is 11.2. The largest absolute Gasteiger partial charge is 0.478 e. The SMILES string of the molecule is Cn1c(CO)cnc1SCc1ccc(C(=O)O)cc1. The van der Waals surface area contributed by atoms with Gasteiger partial charge in [0.15, 0.2) is 5.16 Å². The molecule has 0 aliphatic rings. The smallest absolute Gasteiger partial charge is 0.335 e. The third-order valence-electron chi connectivity index (χ3n) is 2.77. The van der Waals surface area contributed by atoms with Crippen LogP contribution in [0.1, 0.15) is 21.6 Å². The van der Waals surface area contributed by atoms with Crippen molar-refractivity contribution in [2.24, 2.45) is 7.05 Å². The fourth-order valence-electron chi connectivity index (χ4n) is 1.60. The first-order valence-electron chi connectivity index (χ1n) is 5.68. The van der Waals surface area contributed by atoms with Gasteiger partial charge in [0.1, 0.15) is 0 Å². The number of hydrogen-bond acceptors (Lipinski definition) is 4. The lowest BCUT2D eigenvalue weighted by molar-refractivity contribution is 0.0697. The topological polar surface area (TPSA) is 75.3 Å². The van der Waals surface area contributed by atoms with Crippen LogP contribution in [0.15, 0.2) is 35.6 Å². The first-order valence-corrected chi connectivity index (χ1v) is 6.67. The Morgan fingerprint density at radius 1 is 1.37 bits per heavy atom. The highest BCUT2D eigenvalue weighted by molar-refractivity contribution is 7.98. The van der Waals surface area contributed by atoms with Gasteiger partial charge in [0.25, 0.3) is 0 Å². The molecule has 19 heavy (non-hydrogen) atoms. The lowest BCUT2D eigenvalue weighted by Gasteiger charge is -2.04. The molecule has 5 nitrogen and oxygen atoms in total. The molecule has 0 saturated heterocycles. The van der Waals surface area contributed by atoms with Crippen LogP contribution >= 0.6 is 11.8 Å². The summed E-state index contributed by atoms with van der Waals surface area (Å²) in [6.07, 6.45) is 1.65. The fourth-order valence-corrected chi connectivity index (χ4v) is 2.52. The number of nitrogens with zero attached hydrogens (tertiary/aromatic N) is 2. The number of carbonyl (C=O) groups is 1. The molecule has 0 aliphatic carbocycles. The van der Waals surface area contributed by atoms with Gasteiger partial charge in [-0.2, -0.15) is 0 Å². The molecule has 0 atom stereocenters. The molecule has 1 heterocycles. The second kappa shape index (κ2) is 5.90. The summed E-state index contributed by atoms with van der Waals surface area (Å²) in [4.78, 5) is 14.9. The molecule has 0 unspecified atom stereocenters. The van der Waals surface area contributed by atoms with Gasteiger partial charge in [0, 0.05) is 12.8 Å². The quantitative estimate of drug-likeness (QED) is 0.817. The van der Waals surface area contributed by atoms with E-state index in [4.69, 9.17) is 10.2 Å². The molecule has 1 aromatic carbocycles. The van der Waals surface area contributed by atoms with Crippen molar-refractivity contribution in [3.63, 3.8) is 0 Å². The monoisotopic (exact) mass is 278 g/mol. The van der Waals surface area contributed by atoms with Gasteiger partial charge < -0.3 is 14.8 Å². The zero-order chi connectivity index (χ0) is 13.8. The number of imidazole rings is 1. The Morgan fingerprint density at radius 2 is 2.05 bits per heavy atom. The Balaban J connectivity index is 2.02. The molecule has 2 N–H and O–H groups in total. The van der Waals surface area contributed by atoms with E-state index < -0.39 is 5.97 Å². The van der Waals surface area contributed by atoms with E-state index in [1.54, 1.807) is 42.2 Å². The molecule has 6 heteroatoms. The molecule has 0 radical (unpaired) electrons. The van der Waals surface area contributed by atoms with Gasteiger partial charge >= 0.3 is 5.97 Å². The van der Waals surface area contributed by atoms with E-state index >= 15 is 0 Å². The summed E-state index contributed by atoms with van der Waals surface area (Å²) in [5.74, 6) is -0.216. The van der Waals surface area contributed by atoms with Crippen molar-refractivity contribution in [2.75, 3.05) is 0 Å². The van der Waals surface area contributed by atoms with Crippen LogP contribution in [0.5, 0.6) is 0 Å². The summed E-state index contributed by atoms with van der Waals surface area (Å²) < 4.78 is 1.84. The maximum atomic E-state index is 10.7. The molecule has 0 bridgehead atoms. The average Bonchev–Trinajstić information content (AvgIpc) is 2.77. The first kappa shape index (κ1) is 13.6. The van der Waals surface area contributed by atoms with Gasteiger partial charge in [-0.3, -0.25) is 0 Å². The lowest BCUT2D eigenvalue weighted by atomic mass is 10.1. The van der Waals surface area contributed by atoms with Gasteiger partial charge in [-0.05, 0) is 17.7 Å². The fraction of sp³-hybridized carbons (Fsp3) is 0.231. The van der Waals surface area contributed by atoms with Crippen molar-refractivity contribution >= 4 is 17.7 Å². The Labute approximate surface area is 114 Å². The number of carboxylic acids is 1. The minimum atomic E-state index is -0.920. The number of aliphatic hydroxyl groups is 1. The van der Waals surface area contributed by atoms with Crippen LogP contribution in [0.2, 0.25) is 0 Å². The van der Waals surface area contributed by atoms with Crippen LogP contribution in [-0.4, -0.2) is 25.7 Å². The normalized spacial score (nSPS) is 10.6. The Kier molecular flexibility index (Phi) is 4.24.